The lowest BCUT2D eigenvalue weighted by Crippen LogP contribution is -2.15. The number of esters is 1. The number of carbonyl (C=O) groups is 2. The van der Waals surface area contributed by atoms with Gasteiger partial charge in [0, 0.05) is 5.56 Å². The number of Topliss-reactive ketones (excluding diaryl/α,β-unsaturated/α-hetero) is 1. The molecule has 0 spiro atoms. The van der Waals surface area contributed by atoms with E-state index in [-0.39, 0.29) is 27.1 Å². The minimum atomic E-state index is -0.785. The van der Waals surface area contributed by atoms with Crippen molar-refractivity contribution in [2.24, 2.45) is 0 Å². The van der Waals surface area contributed by atoms with Gasteiger partial charge in [-0.05, 0) is 42.8 Å². The summed E-state index contributed by atoms with van der Waals surface area (Å²) in [5.41, 5.74) is 0.397. The first-order valence-corrected chi connectivity index (χ1v) is 9.18. The molecule has 0 N–H and O–H groups in total. The summed E-state index contributed by atoms with van der Waals surface area (Å²) in [5.74, 6) is -0.338. The quantitative estimate of drug-likeness (QED) is 0.322. The van der Waals surface area contributed by atoms with E-state index in [0.29, 0.717) is 17.9 Å². The second-order valence-corrected chi connectivity index (χ2v) is 6.48. The summed E-state index contributed by atoms with van der Waals surface area (Å²) in [6.45, 7) is 2.28. The lowest BCUT2D eigenvalue weighted by atomic mass is 10.1. The number of benzene rings is 2. The Morgan fingerprint density at radius 1 is 1.00 bits per heavy atom. The predicted molar refractivity (Wildman–Crippen MR) is 104 cm³/mol. The molecule has 0 fully saturated rings. The van der Waals surface area contributed by atoms with Crippen LogP contribution in [-0.2, 0) is 4.74 Å². The lowest BCUT2D eigenvalue weighted by Gasteiger charge is -2.11. The van der Waals surface area contributed by atoms with E-state index in [2.05, 4.69) is 6.92 Å². The molecule has 0 radical (unpaired) electrons. The fraction of sp³-hybridized carbons (Fsp3) is 0.300. The number of rotatable bonds is 9. The molecule has 0 bridgehead atoms. The van der Waals surface area contributed by atoms with Crippen LogP contribution in [0.5, 0.6) is 11.5 Å². The van der Waals surface area contributed by atoms with Crippen LogP contribution in [0.25, 0.3) is 0 Å². The summed E-state index contributed by atoms with van der Waals surface area (Å²) in [7, 11) is 1.36. The molecule has 0 saturated heterocycles. The number of hydrogen-bond donors (Lipinski definition) is 0. The minimum Gasteiger partial charge on any atom is -0.494 e. The first-order valence-electron chi connectivity index (χ1n) is 8.43. The van der Waals surface area contributed by atoms with Crippen molar-refractivity contribution in [2.75, 3.05) is 20.3 Å². The second-order valence-electron chi connectivity index (χ2n) is 5.66. The Hall–Kier alpha value is -2.24. The molecule has 0 saturated carbocycles. The van der Waals surface area contributed by atoms with Gasteiger partial charge in [-0.1, -0.05) is 36.5 Å². The van der Waals surface area contributed by atoms with Crippen molar-refractivity contribution >= 4 is 35.0 Å². The summed E-state index contributed by atoms with van der Waals surface area (Å²) in [6.07, 6.45) is 2.01. The average Bonchev–Trinajstić information content (AvgIpc) is 2.68. The Morgan fingerprint density at radius 3 is 2.30 bits per heavy atom. The van der Waals surface area contributed by atoms with E-state index in [0.717, 1.165) is 12.8 Å². The van der Waals surface area contributed by atoms with Crippen LogP contribution >= 0.6 is 23.2 Å². The molecule has 0 aliphatic heterocycles. The zero-order valence-electron chi connectivity index (χ0n) is 15.1. The van der Waals surface area contributed by atoms with E-state index >= 15 is 0 Å². The predicted octanol–water partition coefficient (Wildman–Crippen LogP) is 5.22. The number of ether oxygens (including phenoxy) is 3. The molecule has 2 aromatic rings. The first-order chi connectivity index (χ1) is 13.0. The maximum atomic E-state index is 12.3. The number of hydrogen-bond acceptors (Lipinski definition) is 5. The summed E-state index contributed by atoms with van der Waals surface area (Å²) in [6, 6.07) is 9.65. The van der Waals surface area contributed by atoms with Gasteiger partial charge in [0.05, 0.1) is 23.8 Å². The monoisotopic (exact) mass is 410 g/mol. The highest BCUT2D eigenvalue weighted by molar-refractivity contribution is 6.37. The van der Waals surface area contributed by atoms with Crippen LogP contribution in [0.15, 0.2) is 36.4 Å². The van der Waals surface area contributed by atoms with Crippen molar-refractivity contribution in [3.05, 3.63) is 57.6 Å². The average molecular weight is 411 g/mol. The third kappa shape index (κ3) is 5.62. The van der Waals surface area contributed by atoms with Gasteiger partial charge in [0.2, 0.25) is 0 Å². The molecule has 0 aliphatic rings. The number of ketones is 1. The van der Waals surface area contributed by atoms with Crippen molar-refractivity contribution in [1.29, 1.82) is 0 Å². The zero-order chi connectivity index (χ0) is 19.8. The largest absolute Gasteiger partial charge is 0.494 e. The molecule has 0 amide bonds. The Balaban J connectivity index is 1.99. The third-order valence-electron chi connectivity index (χ3n) is 3.74. The van der Waals surface area contributed by atoms with Crippen LogP contribution in [0.2, 0.25) is 10.0 Å². The fourth-order valence-corrected chi connectivity index (χ4v) is 2.74. The van der Waals surface area contributed by atoms with Crippen LogP contribution in [0, 0.1) is 0 Å². The Morgan fingerprint density at radius 2 is 1.67 bits per heavy atom. The molecule has 5 nitrogen and oxygen atoms in total. The molecule has 27 heavy (non-hydrogen) atoms. The molecule has 0 aromatic heterocycles. The third-order valence-corrected chi connectivity index (χ3v) is 4.36. The van der Waals surface area contributed by atoms with Gasteiger partial charge in [-0.25, -0.2) is 4.79 Å². The maximum absolute atomic E-state index is 12.3. The Labute approximate surface area is 168 Å². The van der Waals surface area contributed by atoms with Crippen molar-refractivity contribution < 1.29 is 23.8 Å². The van der Waals surface area contributed by atoms with Crippen molar-refractivity contribution in [2.45, 2.75) is 19.8 Å². The van der Waals surface area contributed by atoms with Crippen LogP contribution in [0.1, 0.15) is 40.5 Å². The normalized spacial score (nSPS) is 10.4. The molecule has 0 unspecified atom stereocenters. The second kappa shape index (κ2) is 10.2. The van der Waals surface area contributed by atoms with Crippen molar-refractivity contribution in [1.82, 2.24) is 0 Å². The summed E-state index contributed by atoms with van der Waals surface area (Å²) < 4.78 is 15.7. The summed E-state index contributed by atoms with van der Waals surface area (Å²) in [4.78, 5) is 24.6. The van der Waals surface area contributed by atoms with Gasteiger partial charge < -0.3 is 14.2 Å². The number of unbranched alkanes of at least 4 members (excludes halogenated alkanes) is 1. The molecule has 0 atom stereocenters. The van der Waals surface area contributed by atoms with E-state index < -0.39 is 12.6 Å². The van der Waals surface area contributed by atoms with E-state index in [1.807, 2.05) is 0 Å². The van der Waals surface area contributed by atoms with Crippen LogP contribution < -0.4 is 9.47 Å². The van der Waals surface area contributed by atoms with Crippen LogP contribution in [0.3, 0.4) is 0 Å². The standard InChI is InChI=1S/C20H20Cl2O5/c1-3-4-11-26-14-7-5-13(6-8-14)17(23)12-27-20(24)18-15(21)9-10-16(22)19(18)25-2/h5-10H,3-4,11-12H2,1-2H3. The molecule has 144 valence electrons. The summed E-state index contributed by atoms with van der Waals surface area (Å²) >= 11 is 12.0. The highest BCUT2D eigenvalue weighted by Crippen LogP contribution is 2.34. The highest BCUT2D eigenvalue weighted by Gasteiger charge is 2.22. The van der Waals surface area contributed by atoms with Gasteiger partial charge in [0.25, 0.3) is 0 Å². The van der Waals surface area contributed by atoms with Crippen LogP contribution in [-0.4, -0.2) is 32.1 Å². The zero-order valence-corrected chi connectivity index (χ0v) is 16.6. The number of carbonyl (C=O) groups excluding carboxylic acids is 2. The molecular weight excluding hydrogens is 391 g/mol. The maximum Gasteiger partial charge on any atom is 0.343 e. The van der Waals surface area contributed by atoms with E-state index in [4.69, 9.17) is 37.4 Å². The van der Waals surface area contributed by atoms with Gasteiger partial charge in [-0.15, -0.1) is 0 Å². The van der Waals surface area contributed by atoms with E-state index in [9.17, 15) is 9.59 Å². The van der Waals surface area contributed by atoms with Crippen LogP contribution in [0.4, 0.5) is 0 Å². The molecule has 0 aliphatic carbocycles. The van der Waals surface area contributed by atoms with Gasteiger partial charge in [0.1, 0.15) is 11.3 Å². The molecule has 0 heterocycles. The van der Waals surface area contributed by atoms with E-state index in [1.165, 1.54) is 19.2 Å². The van der Waals surface area contributed by atoms with Gasteiger partial charge in [-0.3, -0.25) is 4.79 Å². The van der Waals surface area contributed by atoms with Crippen molar-refractivity contribution in [3.63, 3.8) is 0 Å². The molecule has 7 heteroatoms. The fourth-order valence-electron chi connectivity index (χ4n) is 2.28. The lowest BCUT2D eigenvalue weighted by molar-refractivity contribution is 0.0471. The number of halogens is 2. The van der Waals surface area contributed by atoms with Gasteiger partial charge >= 0.3 is 5.97 Å². The Kier molecular flexibility index (Phi) is 7.95. The molecular formula is C20H20Cl2O5. The van der Waals surface area contributed by atoms with Gasteiger partial charge in [0.15, 0.2) is 18.1 Å². The molecule has 2 aromatic carbocycles. The van der Waals surface area contributed by atoms with Crippen molar-refractivity contribution in [3.8, 4) is 11.5 Å². The van der Waals surface area contributed by atoms with Gasteiger partial charge in [-0.2, -0.15) is 0 Å². The van der Waals surface area contributed by atoms with E-state index in [1.54, 1.807) is 24.3 Å². The highest BCUT2D eigenvalue weighted by atomic mass is 35.5. The molecule has 2 rings (SSSR count). The summed E-state index contributed by atoms with van der Waals surface area (Å²) in [5, 5.41) is 0.348. The SMILES string of the molecule is CCCCOc1ccc(C(=O)COC(=O)c2c(Cl)ccc(Cl)c2OC)cc1. The number of methoxy groups -OCH3 is 1. The minimum absolute atomic E-state index is 0.0147. The smallest absolute Gasteiger partial charge is 0.343 e. The Bertz CT molecular complexity index is 803. The first kappa shape index (κ1) is 21.1. The topological polar surface area (TPSA) is 61.8 Å².